The van der Waals surface area contributed by atoms with E-state index in [-0.39, 0.29) is 11.8 Å². The van der Waals surface area contributed by atoms with Gasteiger partial charge >= 0.3 is 0 Å². The number of rotatable bonds is 2. The molecule has 0 aromatic heterocycles. The first kappa shape index (κ1) is 11.5. The third kappa shape index (κ3) is 2.27. The Morgan fingerprint density at radius 3 is 2.71 bits per heavy atom. The molecule has 14 heavy (non-hydrogen) atoms. The van der Waals surface area contributed by atoms with Crippen LogP contribution in [-0.4, -0.2) is 5.91 Å². The smallest absolute Gasteiger partial charge is 0.237 e. The molecular weight excluding hydrogens is 176 g/mol. The maximum atomic E-state index is 11.4. The molecule has 0 heterocycles. The van der Waals surface area contributed by atoms with Gasteiger partial charge in [-0.2, -0.15) is 0 Å². The van der Waals surface area contributed by atoms with Gasteiger partial charge in [-0.1, -0.05) is 27.2 Å². The van der Waals surface area contributed by atoms with Crippen molar-refractivity contribution in [3.63, 3.8) is 0 Å². The number of hydrogen-bond acceptors (Lipinski definition) is 2. The Bertz CT molecular complexity index is 215. The van der Waals surface area contributed by atoms with Crippen molar-refractivity contribution in [3.05, 3.63) is 0 Å². The highest BCUT2D eigenvalue weighted by molar-refractivity contribution is 5.78. The summed E-state index contributed by atoms with van der Waals surface area (Å²) in [7, 11) is 0. The van der Waals surface area contributed by atoms with Crippen LogP contribution in [0.1, 0.15) is 46.5 Å². The summed E-state index contributed by atoms with van der Waals surface area (Å²) in [5.74, 6) is 5.94. The molecule has 82 valence electrons. The van der Waals surface area contributed by atoms with E-state index in [2.05, 4.69) is 26.2 Å². The Morgan fingerprint density at radius 1 is 1.57 bits per heavy atom. The molecule has 3 nitrogen and oxygen atoms in total. The van der Waals surface area contributed by atoms with E-state index >= 15 is 0 Å². The lowest BCUT2D eigenvalue weighted by molar-refractivity contribution is -0.127. The van der Waals surface area contributed by atoms with Gasteiger partial charge < -0.3 is 0 Å². The van der Waals surface area contributed by atoms with Gasteiger partial charge in [0, 0.05) is 5.92 Å². The zero-order chi connectivity index (χ0) is 10.8. The summed E-state index contributed by atoms with van der Waals surface area (Å²) in [6.45, 7) is 6.76. The Morgan fingerprint density at radius 2 is 2.21 bits per heavy atom. The van der Waals surface area contributed by atoms with Crippen LogP contribution < -0.4 is 11.3 Å². The SMILES string of the molecule is CC(C)[C@]1(C)CCC[C@H](C(=O)NN)C1. The number of hydrazine groups is 1. The van der Waals surface area contributed by atoms with E-state index < -0.39 is 0 Å². The lowest BCUT2D eigenvalue weighted by Crippen LogP contribution is -2.41. The quantitative estimate of drug-likeness (QED) is 0.404. The topological polar surface area (TPSA) is 55.1 Å². The highest BCUT2D eigenvalue weighted by Gasteiger charge is 2.37. The van der Waals surface area contributed by atoms with E-state index in [4.69, 9.17) is 5.84 Å². The predicted molar refractivity (Wildman–Crippen MR) is 57.2 cm³/mol. The molecule has 1 aliphatic carbocycles. The average Bonchev–Trinajstić information content (AvgIpc) is 2.16. The largest absolute Gasteiger partial charge is 0.294 e. The molecule has 1 saturated carbocycles. The lowest BCUT2D eigenvalue weighted by atomic mass is 9.65. The predicted octanol–water partition coefficient (Wildman–Crippen LogP) is 1.83. The van der Waals surface area contributed by atoms with Crippen molar-refractivity contribution in [1.29, 1.82) is 0 Å². The van der Waals surface area contributed by atoms with Crippen LogP contribution in [-0.2, 0) is 4.79 Å². The Balaban J connectivity index is 2.64. The molecule has 0 radical (unpaired) electrons. The molecule has 0 bridgehead atoms. The number of carbonyl (C=O) groups is 1. The highest BCUT2D eigenvalue weighted by atomic mass is 16.2. The van der Waals surface area contributed by atoms with E-state index in [0.717, 1.165) is 19.3 Å². The molecule has 0 aromatic rings. The van der Waals surface area contributed by atoms with E-state index in [1.54, 1.807) is 0 Å². The third-order valence-electron chi connectivity index (χ3n) is 3.92. The van der Waals surface area contributed by atoms with Crippen LogP contribution in [0.15, 0.2) is 0 Å². The minimum Gasteiger partial charge on any atom is -0.294 e. The summed E-state index contributed by atoms with van der Waals surface area (Å²) >= 11 is 0. The molecule has 1 rings (SSSR count). The van der Waals surface area contributed by atoms with E-state index in [9.17, 15) is 4.79 Å². The molecule has 0 unspecified atom stereocenters. The molecule has 1 amide bonds. The number of carbonyl (C=O) groups excluding carboxylic acids is 1. The maximum Gasteiger partial charge on any atom is 0.237 e. The van der Waals surface area contributed by atoms with Crippen molar-refractivity contribution in [2.24, 2.45) is 23.1 Å². The van der Waals surface area contributed by atoms with Gasteiger partial charge in [-0.25, -0.2) is 5.84 Å². The number of nitrogens with one attached hydrogen (secondary N) is 1. The Hall–Kier alpha value is -0.570. The average molecular weight is 198 g/mol. The number of hydrogen-bond donors (Lipinski definition) is 2. The fourth-order valence-electron chi connectivity index (χ4n) is 2.39. The first-order valence-electron chi connectivity index (χ1n) is 5.50. The molecular formula is C11H22N2O. The molecule has 2 atom stereocenters. The van der Waals surface area contributed by atoms with Crippen LogP contribution in [0.25, 0.3) is 0 Å². The van der Waals surface area contributed by atoms with E-state index in [1.165, 1.54) is 6.42 Å². The van der Waals surface area contributed by atoms with Crippen LogP contribution in [0, 0.1) is 17.3 Å². The lowest BCUT2D eigenvalue weighted by Gasteiger charge is -2.40. The third-order valence-corrected chi connectivity index (χ3v) is 3.92. The van der Waals surface area contributed by atoms with Gasteiger partial charge in [-0.15, -0.1) is 0 Å². The minimum absolute atomic E-state index is 0.0107. The minimum atomic E-state index is 0.0107. The molecule has 1 fully saturated rings. The standard InChI is InChI=1S/C11H22N2O/c1-8(2)11(3)6-4-5-9(7-11)10(14)13-12/h8-9H,4-7,12H2,1-3H3,(H,13,14)/t9-,11+/m0/s1. The van der Waals surface area contributed by atoms with Crippen molar-refractivity contribution in [2.75, 3.05) is 0 Å². The van der Waals surface area contributed by atoms with Crippen molar-refractivity contribution in [2.45, 2.75) is 46.5 Å². The van der Waals surface area contributed by atoms with Crippen LogP contribution in [0.2, 0.25) is 0 Å². The maximum absolute atomic E-state index is 11.4. The molecule has 0 saturated heterocycles. The second kappa shape index (κ2) is 4.30. The fourth-order valence-corrected chi connectivity index (χ4v) is 2.39. The zero-order valence-corrected chi connectivity index (χ0v) is 9.47. The Labute approximate surface area is 86.4 Å². The van der Waals surface area contributed by atoms with Gasteiger partial charge in [0.15, 0.2) is 0 Å². The summed E-state index contributed by atoms with van der Waals surface area (Å²) in [6, 6.07) is 0. The summed E-state index contributed by atoms with van der Waals surface area (Å²) in [4.78, 5) is 11.4. The fraction of sp³-hybridized carbons (Fsp3) is 0.909. The first-order chi connectivity index (χ1) is 6.49. The van der Waals surface area contributed by atoms with Crippen LogP contribution >= 0.6 is 0 Å². The van der Waals surface area contributed by atoms with Gasteiger partial charge in [0.25, 0.3) is 0 Å². The molecule has 3 N–H and O–H groups in total. The van der Waals surface area contributed by atoms with Gasteiger partial charge in [0.2, 0.25) is 5.91 Å². The molecule has 0 aliphatic heterocycles. The summed E-state index contributed by atoms with van der Waals surface area (Å²) in [5.41, 5.74) is 2.59. The van der Waals surface area contributed by atoms with Gasteiger partial charge in [-0.3, -0.25) is 10.2 Å². The van der Waals surface area contributed by atoms with Gasteiger partial charge in [0.1, 0.15) is 0 Å². The summed E-state index contributed by atoms with van der Waals surface area (Å²) < 4.78 is 0. The van der Waals surface area contributed by atoms with E-state index in [0.29, 0.717) is 11.3 Å². The summed E-state index contributed by atoms with van der Waals surface area (Å²) in [6.07, 6.45) is 4.35. The molecule has 1 aliphatic rings. The molecule has 3 heteroatoms. The first-order valence-corrected chi connectivity index (χ1v) is 5.50. The van der Waals surface area contributed by atoms with Crippen LogP contribution in [0.4, 0.5) is 0 Å². The second-order valence-electron chi connectivity index (χ2n) is 5.11. The number of amides is 1. The van der Waals surface area contributed by atoms with Gasteiger partial charge in [-0.05, 0) is 30.6 Å². The highest BCUT2D eigenvalue weighted by Crippen LogP contribution is 2.44. The van der Waals surface area contributed by atoms with Crippen LogP contribution in [0.3, 0.4) is 0 Å². The normalized spacial score (nSPS) is 33.1. The Kier molecular flexibility index (Phi) is 3.53. The van der Waals surface area contributed by atoms with Crippen molar-refractivity contribution >= 4 is 5.91 Å². The zero-order valence-electron chi connectivity index (χ0n) is 9.47. The molecule has 0 aromatic carbocycles. The van der Waals surface area contributed by atoms with Crippen molar-refractivity contribution in [1.82, 2.24) is 5.43 Å². The monoisotopic (exact) mass is 198 g/mol. The second-order valence-corrected chi connectivity index (χ2v) is 5.11. The van der Waals surface area contributed by atoms with Crippen molar-refractivity contribution < 1.29 is 4.79 Å². The number of nitrogens with two attached hydrogens (primary N) is 1. The van der Waals surface area contributed by atoms with Gasteiger partial charge in [0.05, 0.1) is 0 Å². The van der Waals surface area contributed by atoms with E-state index in [1.807, 2.05) is 0 Å². The van der Waals surface area contributed by atoms with Crippen LogP contribution in [0.5, 0.6) is 0 Å². The van der Waals surface area contributed by atoms with Crippen molar-refractivity contribution in [3.8, 4) is 0 Å². The molecule has 0 spiro atoms. The summed E-state index contributed by atoms with van der Waals surface area (Å²) in [5, 5.41) is 0.